The molecule has 0 atom stereocenters. The van der Waals surface area contributed by atoms with Crippen molar-refractivity contribution in [3.8, 4) is 0 Å². The topological polar surface area (TPSA) is 26.3 Å². The molecule has 14 heavy (non-hydrogen) atoms. The zero-order chi connectivity index (χ0) is 10.2. The summed E-state index contributed by atoms with van der Waals surface area (Å²) in [5, 5.41) is 0. The Kier molecular flexibility index (Phi) is 5.65. The van der Waals surface area contributed by atoms with E-state index < -0.39 is 0 Å². The molecule has 0 aromatic heterocycles. The zero-order valence-electron chi connectivity index (χ0n) is 9.26. The highest BCUT2D eigenvalue weighted by atomic mass is 16.5. The maximum absolute atomic E-state index is 11.1. The van der Waals surface area contributed by atoms with Gasteiger partial charge in [0.05, 0.1) is 6.61 Å². The van der Waals surface area contributed by atoms with Crippen LogP contribution >= 0.6 is 0 Å². The van der Waals surface area contributed by atoms with Crippen molar-refractivity contribution in [2.45, 2.75) is 58.3 Å². The minimum absolute atomic E-state index is 0.0169. The molecule has 0 heterocycles. The summed E-state index contributed by atoms with van der Waals surface area (Å²) in [7, 11) is 0. The molecule has 0 amide bonds. The van der Waals surface area contributed by atoms with Crippen molar-refractivity contribution < 1.29 is 9.53 Å². The van der Waals surface area contributed by atoms with Crippen molar-refractivity contribution in [3.05, 3.63) is 0 Å². The fourth-order valence-electron chi connectivity index (χ4n) is 2.21. The molecule has 2 heteroatoms. The number of ether oxygens (including phenoxy) is 1. The van der Waals surface area contributed by atoms with Crippen LogP contribution in [0.15, 0.2) is 0 Å². The van der Waals surface area contributed by atoms with E-state index in [1.165, 1.54) is 38.5 Å². The third-order valence-corrected chi connectivity index (χ3v) is 3.04. The Morgan fingerprint density at radius 2 is 1.86 bits per heavy atom. The Morgan fingerprint density at radius 1 is 1.21 bits per heavy atom. The smallest absolute Gasteiger partial charge is 0.305 e. The van der Waals surface area contributed by atoms with Crippen molar-refractivity contribution in [1.29, 1.82) is 0 Å². The van der Waals surface area contributed by atoms with Crippen LogP contribution in [-0.4, -0.2) is 12.6 Å². The van der Waals surface area contributed by atoms with E-state index in [4.69, 9.17) is 4.74 Å². The third kappa shape index (κ3) is 4.64. The summed E-state index contributed by atoms with van der Waals surface area (Å²) in [6, 6.07) is 0. The van der Waals surface area contributed by atoms with Crippen molar-refractivity contribution in [3.63, 3.8) is 0 Å². The summed E-state index contributed by atoms with van der Waals surface area (Å²) in [5.41, 5.74) is 0. The summed E-state index contributed by atoms with van der Waals surface area (Å²) < 4.78 is 4.93. The standard InChI is InChI=1S/C12H22O2/c1-2-14-12(13)10-9-11-7-5-3-4-6-8-11/h11H,2-10H2,1H3. The SMILES string of the molecule is CCOC(=O)CCC1CCCCCC1. The lowest BCUT2D eigenvalue weighted by atomic mass is 9.95. The van der Waals surface area contributed by atoms with Crippen molar-refractivity contribution in [2.75, 3.05) is 6.61 Å². The van der Waals surface area contributed by atoms with Crippen LogP contribution < -0.4 is 0 Å². The molecule has 1 aliphatic rings. The minimum Gasteiger partial charge on any atom is -0.466 e. The van der Waals surface area contributed by atoms with Crippen LogP contribution in [0, 0.1) is 5.92 Å². The number of rotatable bonds is 4. The van der Waals surface area contributed by atoms with E-state index in [9.17, 15) is 4.79 Å². The highest BCUT2D eigenvalue weighted by Gasteiger charge is 2.13. The van der Waals surface area contributed by atoms with Crippen molar-refractivity contribution in [1.82, 2.24) is 0 Å². The molecule has 0 spiro atoms. The number of carbonyl (C=O) groups is 1. The lowest BCUT2D eigenvalue weighted by Crippen LogP contribution is -2.07. The Bertz CT molecular complexity index is 158. The summed E-state index contributed by atoms with van der Waals surface area (Å²) in [4.78, 5) is 11.1. The Labute approximate surface area is 87.0 Å². The summed E-state index contributed by atoms with van der Waals surface area (Å²) in [6.07, 6.45) is 9.78. The molecule has 0 radical (unpaired) electrons. The molecule has 1 aliphatic carbocycles. The lowest BCUT2D eigenvalue weighted by Gasteiger charge is -2.12. The highest BCUT2D eigenvalue weighted by molar-refractivity contribution is 5.69. The van der Waals surface area contributed by atoms with Gasteiger partial charge in [-0.1, -0.05) is 38.5 Å². The second-order valence-corrected chi connectivity index (χ2v) is 4.20. The Hall–Kier alpha value is -0.530. The van der Waals surface area contributed by atoms with E-state index in [0.29, 0.717) is 13.0 Å². The molecule has 0 aliphatic heterocycles. The van der Waals surface area contributed by atoms with Crippen LogP contribution in [0.2, 0.25) is 0 Å². The van der Waals surface area contributed by atoms with Gasteiger partial charge in [-0.3, -0.25) is 4.79 Å². The molecule has 0 N–H and O–H groups in total. The normalized spacial score (nSPS) is 18.9. The lowest BCUT2D eigenvalue weighted by molar-refractivity contribution is -0.143. The highest BCUT2D eigenvalue weighted by Crippen LogP contribution is 2.26. The Balaban J connectivity index is 2.12. The van der Waals surface area contributed by atoms with Gasteiger partial charge in [0, 0.05) is 6.42 Å². The molecule has 0 aromatic rings. The van der Waals surface area contributed by atoms with E-state index in [-0.39, 0.29) is 5.97 Å². The van der Waals surface area contributed by atoms with Crippen LogP contribution in [-0.2, 0) is 9.53 Å². The molecule has 1 fully saturated rings. The van der Waals surface area contributed by atoms with E-state index in [1.54, 1.807) is 0 Å². The van der Waals surface area contributed by atoms with Gasteiger partial charge >= 0.3 is 5.97 Å². The number of carbonyl (C=O) groups excluding carboxylic acids is 1. The molecule has 0 unspecified atom stereocenters. The number of esters is 1. The second kappa shape index (κ2) is 6.86. The fourth-order valence-corrected chi connectivity index (χ4v) is 2.21. The average molecular weight is 198 g/mol. The van der Waals surface area contributed by atoms with Crippen LogP contribution in [0.5, 0.6) is 0 Å². The Morgan fingerprint density at radius 3 is 2.43 bits per heavy atom. The van der Waals surface area contributed by atoms with Gasteiger partial charge < -0.3 is 4.74 Å². The van der Waals surface area contributed by atoms with Crippen LogP contribution in [0.25, 0.3) is 0 Å². The average Bonchev–Trinajstić information content (AvgIpc) is 2.43. The first-order chi connectivity index (χ1) is 6.83. The van der Waals surface area contributed by atoms with Gasteiger partial charge in [0.2, 0.25) is 0 Å². The molecular weight excluding hydrogens is 176 g/mol. The monoisotopic (exact) mass is 198 g/mol. The summed E-state index contributed by atoms with van der Waals surface area (Å²) >= 11 is 0. The third-order valence-electron chi connectivity index (χ3n) is 3.04. The summed E-state index contributed by atoms with van der Waals surface area (Å²) in [5.74, 6) is 0.763. The molecule has 0 bridgehead atoms. The molecule has 0 saturated heterocycles. The second-order valence-electron chi connectivity index (χ2n) is 4.20. The molecule has 2 nitrogen and oxygen atoms in total. The van der Waals surface area contributed by atoms with Crippen LogP contribution in [0.1, 0.15) is 58.3 Å². The first-order valence-corrected chi connectivity index (χ1v) is 5.98. The molecule has 0 aromatic carbocycles. The number of hydrogen-bond donors (Lipinski definition) is 0. The maximum atomic E-state index is 11.1. The van der Waals surface area contributed by atoms with Crippen molar-refractivity contribution >= 4 is 5.97 Å². The first-order valence-electron chi connectivity index (χ1n) is 5.98. The summed E-state index contributed by atoms with van der Waals surface area (Å²) in [6.45, 7) is 2.38. The fraction of sp³-hybridized carbons (Fsp3) is 0.917. The predicted molar refractivity (Wildman–Crippen MR) is 57.1 cm³/mol. The minimum atomic E-state index is -0.0169. The molecule has 82 valence electrons. The van der Waals surface area contributed by atoms with E-state index in [0.717, 1.165) is 12.3 Å². The van der Waals surface area contributed by atoms with Gasteiger partial charge in [-0.2, -0.15) is 0 Å². The molecule has 1 rings (SSSR count). The molecule has 1 saturated carbocycles. The largest absolute Gasteiger partial charge is 0.466 e. The van der Waals surface area contributed by atoms with E-state index in [2.05, 4.69) is 0 Å². The van der Waals surface area contributed by atoms with Gasteiger partial charge in [-0.15, -0.1) is 0 Å². The van der Waals surface area contributed by atoms with E-state index in [1.807, 2.05) is 6.92 Å². The van der Waals surface area contributed by atoms with Crippen LogP contribution in [0.4, 0.5) is 0 Å². The zero-order valence-corrected chi connectivity index (χ0v) is 9.26. The quantitative estimate of drug-likeness (QED) is 0.512. The number of hydrogen-bond acceptors (Lipinski definition) is 2. The molecular formula is C12H22O2. The first kappa shape index (κ1) is 11.5. The van der Waals surface area contributed by atoms with Gasteiger partial charge in [0.15, 0.2) is 0 Å². The van der Waals surface area contributed by atoms with Crippen molar-refractivity contribution in [2.24, 2.45) is 5.92 Å². The van der Waals surface area contributed by atoms with Gasteiger partial charge in [-0.25, -0.2) is 0 Å². The van der Waals surface area contributed by atoms with Gasteiger partial charge in [0.1, 0.15) is 0 Å². The van der Waals surface area contributed by atoms with Gasteiger partial charge in [-0.05, 0) is 19.3 Å². The maximum Gasteiger partial charge on any atom is 0.305 e. The van der Waals surface area contributed by atoms with E-state index >= 15 is 0 Å². The van der Waals surface area contributed by atoms with Gasteiger partial charge in [0.25, 0.3) is 0 Å². The van der Waals surface area contributed by atoms with Crippen LogP contribution in [0.3, 0.4) is 0 Å². The predicted octanol–water partition coefficient (Wildman–Crippen LogP) is 3.30.